The van der Waals surface area contributed by atoms with Crippen molar-refractivity contribution in [3.63, 3.8) is 0 Å². The third-order valence-corrected chi connectivity index (χ3v) is 2.12. The number of aryl methyl sites for hydroxylation is 1. The van der Waals surface area contributed by atoms with Gasteiger partial charge in [0, 0.05) is 0 Å². The molecule has 0 bridgehead atoms. The first-order valence-corrected chi connectivity index (χ1v) is 6.06. The zero-order valence-corrected chi connectivity index (χ0v) is 13.8. The Morgan fingerprint density at radius 2 is 1.50 bits per heavy atom. The summed E-state index contributed by atoms with van der Waals surface area (Å²) in [6.07, 6.45) is 0. The first-order valence-electron chi connectivity index (χ1n) is 4.70. The van der Waals surface area contributed by atoms with Gasteiger partial charge in [-0.3, -0.25) is 4.55 Å². The third kappa shape index (κ3) is 7.58. The number of aromatic carboxylic acids is 2. The van der Waals surface area contributed by atoms with Gasteiger partial charge in [-0.15, -0.1) is 0 Å². The molecule has 0 amide bonds. The summed E-state index contributed by atoms with van der Waals surface area (Å²) in [5.74, 6) is -2.20. The molecule has 1 aromatic carbocycles. The summed E-state index contributed by atoms with van der Waals surface area (Å²) in [5.41, 5.74) is 0.975. The van der Waals surface area contributed by atoms with Crippen LogP contribution in [0.25, 0.3) is 0 Å². The normalized spacial score (nSPS) is 9.80. The molecule has 1 rings (SSSR count). The molecule has 0 aliphatic carbocycles. The van der Waals surface area contributed by atoms with Gasteiger partial charge in [-0.25, -0.2) is 18.0 Å². The minimum atomic E-state index is -4.92. The van der Waals surface area contributed by atoms with E-state index in [1.807, 2.05) is 0 Å². The van der Waals surface area contributed by atoms with Crippen LogP contribution in [0.3, 0.4) is 0 Å². The van der Waals surface area contributed by atoms with Crippen LogP contribution >= 0.6 is 0 Å². The van der Waals surface area contributed by atoms with Crippen LogP contribution in [0.4, 0.5) is 0 Å². The Kier molecular flexibility index (Phi) is 8.90. The molecule has 20 heavy (non-hydrogen) atoms. The van der Waals surface area contributed by atoms with E-state index < -0.39 is 22.3 Å². The fourth-order valence-electron chi connectivity index (χ4n) is 1.41. The van der Waals surface area contributed by atoms with Crippen LogP contribution in [-0.2, 0) is 10.4 Å². The summed E-state index contributed by atoms with van der Waals surface area (Å²) < 4.78 is 32.8. The molecule has 3 N–H and O–H groups in total. The van der Waals surface area contributed by atoms with Crippen molar-refractivity contribution >= 4 is 22.3 Å². The standard InChI is InChI=1S/C10H10O4.Na.H2O4S/c1-5-3-4-7(9(11)12)6(2)8(5)10(13)14;;1-5(2,3)4/h3-4H,1-2H3,(H,11,12)(H,13,14);;(H2,1,2,3,4)/q;+1;/p-1. The van der Waals surface area contributed by atoms with E-state index >= 15 is 0 Å². The smallest absolute Gasteiger partial charge is 0.726 e. The molecular formula is C10H11NaO8S. The van der Waals surface area contributed by atoms with Crippen LogP contribution < -0.4 is 29.6 Å². The van der Waals surface area contributed by atoms with Crippen LogP contribution in [0.5, 0.6) is 0 Å². The Morgan fingerprint density at radius 1 is 1.10 bits per heavy atom. The summed E-state index contributed by atoms with van der Waals surface area (Å²) in [7, 11) is -4.92. The van der Waals surface area contributed by atoms with Crippen molar-refractivity contribution in [2.24, 2.45) is 0 Å². The Hall–Kier alpha value is -0.970. The average Bonchev–Trinajstić information content (AvgIpc) is 2.13. The van der Waals surface area contributed by atoms with Gasteiger partial charge in [0.2, 0.25) is 10.4 Å². The number of carboxylic acids is 2. The SMILES string of the molecule is Cc1ccc(C(=O)O)c(C)c1C(=O)O.O=S(=O)([O-])O.[Na+]. The van der Waals surface area contributed by atoms with Crippen molar-refractivity contribution < 1.29 is 66.9 Å². The fraction of sp³-hybridized carbons (Fsp3) is 0.200. The zero-order chi connectivity index (χ0) is 15.4. The van der Waals surface area contributed by atoms with E-state index in [-0.39, 0.29) is 40.7 Å². The van der Waals surface area contributed by atoms with Gasteiger partial charge in [-0.1, -0.05) is 6.07 Å². The Labute approximate surface area is 137 Å². The Bertz CT molecular complexity index is 600. The Balaban J connectivity index is 0. The van der Waals surface area contributed by atoms with E-state index in [4.69, 9.17) is 27.7 Å². The molecule has 0 aliphatic rings. The van der Waals surface area contributed by atoms with Crippen molar-refractivity contribution in [3.8, 4) is 0 Å². The summed E-state index contributed by atoms with van der Waals surface area (Å²) >= 11 is 0. The second-order valence-electron chi connectivity index (χ2n) is 3.47. The number of carboxylic acid groups (broad SMARTS) is 2. The molecule has 0 heterocycles. The molecule has 0 aliphatic heterocycles. The quantitative estimate of drug-likeness (QED) is 0.313. The van der Waals surface area contributed by atoms with Crippen LogP contribution in [0.1, 0.15) is 31.8 Å². The van der Waals surface area contributed by atoms with E-state index in [2.05, 4.69) is 0 Å². The van der Waals surface area contributed by atoms with E-state index in [1.165, 1.54) is 19.1 Å². The van der Waals surface area contributed by atoms with Crippen molar-refractivity contribution in [3.05, 3.63) is 34.4 Å². The maximum absolute atomic E-state index is 10.8. The van der Waals surface area contributed by atoms with Gasteiger partial charge in [0.05, 0.1) is 11.1 Å². The van der Waals surface area contributed by atoms with E-state index in [0.717, 1.165) is 0 Å². The minimum absolute atomic E-state index is 0. The van der Waals surface area contributed by atoms with Crippen molar-refractivity contribution in [1.29, 1.82) is 0 Å². The van der Waals surface area contributed by atoms with Gasteiger partial charge in [-0.2, -0.15) is 0 Å². The number of benzene rings is 1. The maximum atomic E-state index is 10.8. The van der Waals surface area contributed by atoms with Crippen LogP contribution in [-0.4, -0.2) is 39.7 Å². The van der Waals surface area contributed by atoms with Crippen molar-refractivity contribution in [2.75, 3.05) is 0 Å². The second kappa shape index (κ2) is 8.35. The third-order valence-electron chi connectivity index (χ3n) is 2.12. The summed E-state index contributed by atoms with van der Waals surface area (Å²) in [6.45, 7) is 3.14. The van der Waals surface area contributed by atoms with E-state index in [9.17, 15) is 9.59 Å². The van der Waals surface area contributed by atoms with Crippen molar-refractivity contribution in [1.82, 2.24) is 0 Å². The van der Waals surface area contributed by atoms with Gasteiger partial charge < -0.3 is 14.8 Å². The monoisotopic (exact) mass is 314 g/mol. The molecular weight excluding hydrogens is 303 g/mol. The van der Waals surface area contributed by atoms with Crippen LogP contribution in [0, 0.1) is 13.8 Å². The van der Waals surface area contributed by atoms with Gasteiger partial charge in [0.15, 0.2) is 0 Å². The predicted octanol–water partition coefficient (Wildman–Crippen LogP) is -2.29. The number of rotatable bonds is 2. The molecule has 0 aromatic heterocycles. The molecule has 0 atom stereocenters. The first kappa shape index (κ1) is 21.3. The average molecular weight is 314 g/mol. The molecule has 0 unspecified atom stereocenters. The molecule has 10 heteroatoms. The first-order chi connectivity index (χ1) is 8.45. The number of carbonyl (C=O) groups is 2. The molecule has 0 saturated carbocycles. The minimum Gasteiger partial charge on any atom is -0.726 e. The van der Waals surface area contributed by atoms with Crippen LogP contribution in [0.15, 0.2) is 12.1 Å². The number of hydrogen-bond donors (Lipinski definition) is 3. The van der Waals surface area contributed by atoms with Gasteiger partial charge in [0.25, 0.3) is 0 Å². The zero-order valence-electron chi connectivity index (χ0n) is 10.9. The van der Waals surface area contributed by atoms with E-state index in [0.29, 0.717) is 11.1 Å². The fourth-order valence-corrected chi connectivity index (χ4v) is 1.41. The van der Waals surface area contributed by atoms with Crippen LogP contribution in [0.2, 0.25) is 0 Å². The largest absolute Gasteiger partial charge is 1.00 e. The summed E-state index contributed by atoms with van der Waals surface area (Å²) in [5, 5.41) is 17.6. The molecule has 106 valence electrons. The number of hydrogen-bond acceptors (Lipinski definition) is 5. The maximum Gasteiger partial charge on any atom is 1.00 e. The topological polar surface area (TPSA) is 152 Å². The summed E-state index contributed by atoms with van der Waals surface area (Å²) in [4.78, 5) is 21.5. The van der Waals surface area contributed by atoms with Gasteiger partial charge in [-0.05, 0) is 31.0 Å². The summed E-state index contributed by atoms with van der Waals surface area (Å²) in [6, 6.07) is 2.92. The molecule has 0 fully saturated rings. The van der Waals surface area contributed by atoms with Gasteiger partial charge >= 0.3 is 41.5 Å². The predicted molar refractivity (Wildman–Crippen MR) is 62.2 cm³/mol. The molecule has 0 saturated heterocycles. The molecule has 0 radical (unpaired) electrons. The van der Waals surface area contributed by atoms with Crippen molar-refractivity contribution in [2.45, 2.75) is 13.8 Å². The van der Waals surface area contributed by atoms with E-state index in [1.54, 1.807) is 6.92 Å². The van der Waals surface area contributed by atoms with Gasteiger partial charge in [0.1, 0.15) is 0 Å². The second-order valence-corrected chi connectivity index (χ2v) is 4.32. The molecule has 1 aromatic rings. The molecule has 0 spiro atoms. The molecule has 8 nitrogen and oxygen atoms in total. The Morgan fingerprint density at radius 3 is 1.80 bits per heavy atom.